The van der Waals surface area contributed by atoms with Crippen LogP contribution >= 0.6 is 0 Å². The molecule has 0 saturated carbocycles. The maximum absolute atomic E-state index is 12.4. The summed E-state index contributed by atoms with van der Waals surface area (Å²) in [6.45, 7) is -0.208. The Morgan fingerprint density at radius 2 is 2.21 bits per heavy atom. The Morgan fingerprint density at radius 1 is 1.47 bits per heavy atom. The van der Waals surface area contributed by atoms with Gasteiger partial charge in [0.05, 0.1) is 0 Å². The lowest BCUT2D eigenvalue weighted by molar-refractivity contribution is -0.140. The van der Waals surface area contributed by atoms with Crippen LogP contribution < -0.4 is 5.73 Å². The highest BCUT2D eigenvalue weighted by Crippen LogP contribution is 2.20. The first-order valence-electron chi connectivity index (χ1n) is 6.13. The fraction of sp³-hybridized carbons (Fsp3) is 0.583. The molecule has 0 aliphatic carbocycles. The minimum atomic E-state index is -4.34. The number of nitrogens with zero attached hydrogens (tertiary/aromatic N) is 2. The topological polar surface area (TPSA) is 51.3 Å². The minimum absolute atomic E-state index is 0.0615. The van der Waals surface area contributed by atoms with Crippen molar-refractivity contribution in [3.8, 4) is 0 Å². The first kappa shape index (κ1) is 13.9. The SMILES string of the molecule is NC1CCCN(C(=O)c2cccn2CC(F)(F)F)C1. The average Bonchev–Trinajstić information content (AvgIpc) is 2.73. The van der Waals surface area contributed by atoms with Gasteiger partial charge in [-0.05, 0) is 25.0 Å². The van der Waals surface area contributed by atoms with E-state index in [1.807, 2.05) is 0 Å². The van der Waals surface area contributed by atoms with E-state index in [1.54, 1.807) is 0 Å². The van der Waals surface area contributed by atoms with Gasteiger partial charge in [-0.2, -0.15) is 13.2 Å². The number of amides is 1. The Morgan fingerprint density at radius 3 is 2.84 bits per heavy atom. The maximum atomic E-state index is 12.4. The molecule has 4 nitrogen and oxygen atoms in total. The van der Waals surface area contributed by atoms with Crippen LogP contribution in [0.2, 0.25) is 0 Å². The molecule has 1 fully saturated rings. The normalized spacial score (nSPS) is 20.6. The number of hydrogen-bond acceptors (Lipinski definition) is 2. The second-order valence-corrected chi connectivity index (χ2v) is 4.79. The smallest absolute Gasteiger partial charge is 0.336 e. The molecule has 1 aromatic rings. The number of carbonyl (C=O) groups is 1. The zero-order valence-corrected chi connectivity index (χ0v) is 10.4. The fourth-order valence-corrected chi connectivity index (χ4v) is 2.30. The first-order valence-corrected chi connectivity index (χ1v) is 6.13. The number of likely N-dealkylation sites (tertiary alicyclic amines) is 1. The van der Waals surface area contributed by atoms with Gasteiger partial charge in [-0.25, -0.2) is 0 Å². The summed E-state index contributed by atoms with van der Waals surface area (Å²) in [6.07, 6.45) is -1.45. The van der Waals surface area contributed by atoms with E-state index in [4.69, 9.17) is 5.73 Å². The van der Waals surface area contributed by atoms with Crippen molar-refractivity contribution < 1.29 is 18.0 Å². The van der Waals surface area contributed by atoms with Gasteiger partial charge in [0.1, 0.15) is 12.2 Å². The molecule has 19 heavy (non-hydrogen) atoms. The largest absolute Gasteiger partial charge is 0.406 e. The van der Waals surface area contributed by atoms with Gasteiger partial charge in [-0.1, -0.05) is 0 Å². The zero-order chi connectivity index (χ0) is 14.0. The second kappa shape index (κ2) is 5.24. The molecule has 1 aliphatic heterocycles. The lowest BCUT2D eigenvalue weighted by Crippen LogP contribution is -2.46. The van der Waals surface area contributed by atoms with Crippen molar-refractivity contribution in [3.63, 3.8) is 0 Å². The van der Waals surface area contributed by atoms with Crippen LogP contribution in [0, 0.1) is 0 Å². The molecule has 2 N–H and O–H groups in total. The third-order valence-corrected chi connectivity index (χ3v) is 3.14. The molecule has 1 saturated heterocycles. The molecule has 0 radical (unpaired) electrons. The summed E-state index contributed by atoms with van der Waals surface area (Å²) in [6, 6.07) is 2.76. The molecule has 0 aromatic carbocycles. The monoisotopic (exact) mass is 275 g/mol. The Bertz CT molecular complexity index is 455. The quantitative estimate of drug-likeness (QED) is 0.891. The molecule has 2 rings (SSSR count). The van der Waals surface area contributed by atoms with Crippen LogP contribution in [0.15, 0.2) is 18.3 Å². The molecule has 1 aromatic heterocycles. The van der Waals surface area contributed by atoms with Crippen LogP contribution in [0.1, 0.15) is 23.3 Å². The fourth-order valence-electron chi connectivity index (χ4n) is 2.30. The Kier molecular flexibility index (Phi) is 3.84. The predicted octanol–water partition coefficient (Wildman–Crippen LogP) is 1.61. The number of aromatic nitrogens is 1. The van der Waals surface area contributed by atoms with Crippen molar-refractivity contribution in [3.05, 3.63) is 24.0 Å². The van der Waals surface area contributed by atoms with Gasteiger partial charge >= 0.3 is 6.18 Å². The van der Waals surface area contributed by atoms with Crippen LogP contribution in [-0.2, 0) is 6.54 Å². The molecule has 1 aliphatic rings. The second-order valence-electron chi connectivity index (χ2n) is 4.79. The Labute approximate surface area is 109 Å². The van der Waals surface area contributed by atoms with Gasteiger partial charge in [0.25, 0.3) is 5.91 Å². The number of carbonyl (C=O) groups excluding carboxylic acids is 1. The van der Waals surface area contributed by atoms with E-state index in [2.05, 4.69) is 0 Å². The number of alkyl halides is 3. The van der Waals surface area contributed by atoms with Gasteiger partial charge in [0.15, 0.2) is 0 Å². The molecule has 0 bridgehead atoms. The third-order valence-electron chi connectivity index (χ3n) is 3.14. The highest BCUT2D eigenvalue weighted by atomic mass is 19.4. The van der Waals surface area contributed by atoms with Crippen molar-refractivity contribution in [1.29, 1.82) is 0 Å². The van der Waals surface area contributed by atoms with E-state index < -0.39 is 12.7 Å². The molecule has 1 unspecified atom stereocenters. The summed E-state index contributed by atoms with van der Waals surface area (Å²) < 4.78 is 38.1. The standard InChI is InChI=1S/C12H16F3N3O/c13-12(14,15)8-18-6-2-4-10(18)11(19)17-5-1-3-9(16)7-17/h2,4,6,9H,1,3,5,7-8,16H2. The summed E-state index contributed by atoms with van der Waals surface area (Å²) in [4.78, 5) is 13.7. The highest BCUT2D eigenvalue weighted by molar-refractivity contribution is 5.92. The molecular formula is C12H16F3N3O. The van der Waals surface area contributed by atoms with Gasteiger partial charge in [0.2, 0.25) is 0 Å². The van der Waals surface area contributed by atoms with Gasteiger partial charge in [0, 0.05) is 25.3 Å². The van der Waals surface area contributed by atoms with Gasteiger partial charge in [-0.3, -0.25) is 4.79 Å². The maximum Gasteiger partial charge on any atom is 0.406 e. The summed E-state index contributed by atoms with van der Waals surface area (Å²) in [7, 11) is 0. The van der Waals surface area contributed by atoms with Crippen LogP contribution in [0.4, 0.5) is 13.2 Å². The molecule has 1 amide bonds. The molecule has 2 heterocycles. The summed E-state index contributed by atoms with van der Waals surface area (Å²) in [5.41, 5.74) is 5.84. The van der Waals surface area contributed by atoms with Crippen molar-refractivity contribution in [2.45, 2.75) is 31.6 Å². The molecular weight excluding hydrogens is 259 g/mol. The van der Waals surface area contributed by atoms with Gasteiger partial charge in [-0.15, -0.1) is 0 Å². The van der Waals surface area contributed by atoms with Crippen LogP contribution in [-0.4, -0.2) is 40.7 Å². The van der Waals surface area contributed by atoms with Crippen LogP contribution in [0.3, 0.4) is 0 Å². The Hall–Kier alpha value is -1.50. The van der Waals surface area contributed by atoms with Crippen LogP contribution in [0.25, 0.3) is 0 Å². The van der Waals surface area contributed by atoms with E-state index in [1.165, 1.54) is 23.2 Å². The van der Waals surface area contributed by atoms with Gasteiger partial charge < -0.3 is 15.2 Å². The van der Waals surface area contributed by atoms with E-state index in [0.717, 1.165) is 17.4 Å². The minimum Gasteiger partial charge on any atom is -0.336 e. The van der Waals surface area contributed by atoms with Crippen LogP contribution in [0.5, 0.6) is 0 Å². The lowest BCUT2D eigenvalue weighted by atomic mass is 10.1. The van der Waals surface area contributed by atoms with Crippen molar-refractivity contribution in [2.24, 2.45) is 5.73 Å². The predicted molar refractivity (Wildman–Crippen MR) is 63.6 cm³/mol. The molecule has 1 atom stereocenters. The van der Waals surface area contributed by atoms with E-state index in [0.29, 0.717) is 13.1 Å². The third kappa shape index (κ3) is 3.50. The van der Waals surface area contributed by atoms with E-state index in [-0.39, 0.29) is 17.6 Å². The van der Waals surface area contributed by atoms with Crippen molar-refractivity contribution >= 4 is 5.91 Å². The summed E-state index contributed by atoms with van der Waals surface area (Å²) >= 11 is 0. The van der Waals surface area contributed by atoms with E-state index in [9.17, 15) is 18.0 Å². The molecule has 7 heteroatoms. The van der Waals surface area contributed by atoms with Crippen molar-refractivity contribution in [2.75, 3.05) is 13.1 Å². The number of piperidine rings is 1. The molecule has 106 valence electrons. The summed E-state index contributed by atoms with van der Waals surface area (Å²) in [5.74, 6) is -0.385. The number of nitrogens with two attached hydrogens (primary N) is 1. The lowest BCUT2D eigenvalue weighted by Gasteiger charge is -2.31. The highest BCUT2D eigenvalue weighted by Gasteiger charge is 2.31. The Balaban J connectivity index is 2.13. The number of rotatable bonds is 2. The van der Waals surface area contributed by atoms with E-state index >= 15 is 0 Å². The number of hydrogen-bond donors (Lipinski definition) is 1. The molecule has 0 spiro atoms. The number of halogens is 3. The zero-order valence-electron chi connectivity index (χ0n) is 10.4. The van der Waals surface area contributed by atoms with Crippen molar-refractivity contribution in [1.82, 2.24) is 9.47 Å². The first-order chi connectivity index (χ1) is 8.87. The average molecular weight is 275 g/mol. The summed E-state index contributed by atoms with van der Waals surface area (Å²) in [5, 5.41) is 0.